The van der Waals surface area contributed by atoms with Gasteiger partial charge in [0.15, 0.2) is 0 Å². The van der Waals surface area contributed by atoms with Gasteiger partial charge in [-0.1, -0.05) is 0 Å². The molecule has 0 bridgehead atoms. The van der Waals surface area contributed by atoms with Crippen molar-refractivity contribution in [2.75, 3.05) is 0 Å². The lowest BCUT2D eigenvalue weighted by Gasteiger charge is -1.88. The predicted molar refractivity (Wildman–Crippen MR) is 47.2 cm³/mol. The third-order valence-electron chi connectivity index (χ3n) is 1.62. The summed E-state index contributed by atoms with van der Waals surface area (Å²) in [7, 11) is -2.40. The summed E-state index contributed by atoms with van der Waals surface area (Å²) in [6.45, 7) is 0. The van der Waals surface area contributed by atoms with Crippen molar-refractivity contribution in [3.63, 3.8) is 0 Å². The zero-order chi connectivity index (χ0) is 9.26. The molecule has 13 heavy (non-hydrogen) atoms. The number of fused-ring (bicyclic) bond motifs is 1. The highest BCUT2D eigenvalue weighted by atomic mass is 32.2. The number of furan rings is 1. The molecular weight excluding hydrogens is 190 g/mol. The van der Waals surface area contributed by atoms with E-state index >= 15 is 0 Å². The largest absolute Gasteiger partial charge is 0.464 e. The van der Waals surface area contributed by atoms with Gasteiger partial charge in [-0.05, 0) is 24.3 Å². The fourth-order valence-corrected chi connectivity index (χ4v) is 1.38. The second-order valence-electron chi connectivity index (χ2n) is 2.45. The van der Waals surface area contributed by atoms with E-state index in [4.69, 9.17) is 4.42 Å². The van der Waals surface area contributed by atoms with Gasteiger partial charge in [-0.3, -0.25) is 0 Å². The highest BCUT2D eigenvalue weighted by Crippen LogP contribution is 2.21. The van der Waals surface area contributed by atoms with Crippen LogP contribution in [0.2, 0.25) is 0 Å². The van der Waals surface area contributed by atoms with Crippen LogP contribution in [0.4, 0.5) is 5.69 Å². The highest BCUT2D eigenvalue weighted by Gasteiger charge is 1.97. The van der Waals surface area contributed by atoms with Crippen molar-refractivity contribution in [2.45, 2.75) is 0 Å². The van der Waals surface area contributed by atoms with E-state index in [1.165, 1.54) is 0 Å². The molecule has 0 radical (unpaired) electrons. The Morgan fingerprint density at radius 1 is 1.23 bits per heavy atom. The Bertz CT molecular complexity index is 560. The molecule has 0 spiro atoms. The summed E-state index contributed by atoms with van der Waals surface area (Å²) in [6.07, 6.45) is 1.54. The minimum absolute atomic E-state index is 0.405. The zero-order valence-electron chi connectivity index (χ0n) is 6.47. The van der Waals surface area contributed by atoms with Crippen LogP contribution in [0.3, 0.4) is 0 Å². The number of benzene rings is 1. The van der Waals surface area contributed by atoms with E-state index in [2.05, 4.69) is 4.36 Å². The summed E-state index contributed by atoms with van der Waals surface area (Å²) in [5.41, 5.74) is 1.12. The molecule has 0 saturated carbocycles. The van der Waals surface area contributed by atoms with Crippen molar-refractivity contribution >= 4 is 27.2 Å². The maximum absolute atomic E-state index is 10.3. The Kier molecular flexibility index (Phi) is 1.86. The van der Waals surface area contributed by atoms with E-state index in [1.807, 2.05) is 0 Å². The first-order chi connectivity index (χ1) is 6.25. The van der Waals surface area contributed by atoms with Gasteiger partial charge in [-0.2, -0.15) is 8.42 Å². The van der Waals surface area contributed by atoms with Crippen molar-refractivity contribution in [3.05, 3.63) is 30.5 Å². The maximum Gasteiger partial charge on any atom is 0.316 e. The van der Waals surface area contributed by atoms with Crippen molar-refractivity contribution in [2.24, 2.45) is 4.36 Å². The van der Waals surface area contributed by atoms with Gasteiger partial charge >= 0.3 is 10.5 Å². The van der Waals surface area contributed by atoms with Crippen molar-refractivity contribution in [1.82, 2.24) is 0 Å². The lowest BCUT2D eigenvalue weighted by atomic mass is 10.2. The van der Waals surface area contributed by atoms with Crippen molar-refractivity contribution in [3.8, 4) is 0 Å². The fraction of sp³-hybridized carbons (Fsp3) is 0. The van der Waals surface area contributed by atoms with Crippen LogP contribution in [-0.2, 0) is 10.5 Å². The van der Waals surface area contributed by atoms with Gasteiger partial charge in [0, 0.05) is 5.39 Å². The summed E-state index contributed by atoms with van der Waals surface area (Å²) < 4.78 is 29.0. The molecule has 0 fully saturated rings. The molecule has 0 aliphatic carbocycles. The molecule has 4 nitrogen and oxygen atoms in total. The monoisotopic (exact) mass is 195 g/mol. The molecule has 5 heteroatoms. The first-order valence-corrected chi connectivity index (χ1v) is 4.57. The van der Waals surface area contributed by atoms with Crippen molar-refractivity contribution in [1.29, 1.82) is 0 Å². The van der Waals surface area contributed by atoms with Gasteiger partial charge in [0.2, 0.25) is 0 Å². The molecular formula is C8H5NO3S. The van der Waals surface area contributed by atoms with Crippen LogP contribution in [0.5, 0.6) is 0 Å². The molecule has 2 aromatic rings. The molecule has 0 aliphatic rings. The first-order valence-electron chi connectivity index (χ1n) is 3.54. The van der Waals surface area contributed by atoms with Crippen LogP contribution in [0.25, 0.3) is 11.0 Å². The van der Waals surface area contributed by atoms with E-state index in [9.17, 15) is 8.42 Å². The third kappa shape index (κ3) is 1.59. The molecule has 1 aromatic heterocycles. The van der Waals surface area contributed by atoms with Crippen LogP contribution in [0, 0.1) is 0 Å². The molecule has 0 aliphatic heterocycles. The zero-order valence-corrected chi connectivity index (χ0v) is 7.28. The molecule has 0 saturated heterocycles. The summed E-state index contributed by atoms with van der Waals surface area (Å²) in [5, 5.41) is 0.840. The average Bonchev–Trinajstić information content (AvgIpc) is 2.49. The Morgan fingerprint density at radius 3 is 2.85 bits per heavy atom. The van der Waals surface area contributed by atoms with Crippen LogP contribution in [-0.4, -0.2) is 8.42 Å². The Morgan fingerprint density at radius 2 is 2.08 bits per heavy atom. The van der Waals surface area contributed by atoms with Gasteiger partial charge < -0.3 is 4.42 Å². The molecule has 0 atom stereocenters. The molecule has 66 valence electrons. The minimum atomic E-state index is -2.40. The van der Waals surface area contributed by atoms with Gasteiger partial charge in [0.25, 0.3) is 0 Å². The molecule has 0 unspecified atom stereocenters. The van der Waals surface area contributed by atoms with Crippen LogP contribution >= 0.6 is 0 Å². The second kappa shape index (κ2) is 3.02. The Hall–Kier alpha value is -1.62. The fourth-order valence-electron chi connectivity index (χ4n) is 1.10. The summed E-state index contributed by atoms with van der Waals surface area (Å²) in [6, 6.07) is 6.67. The average molecular weight is 195 g/mol. The highest BCUT2D eigenvalue weighted by molar-refractivity contribution is 7.61. The van der Waals surface area contributed by atoms with E-state index in [-0.39, 0.29) is 0 Å². The smallest absolute Gasteiger partial charge is 0.316 e. The predicted octanol–water partition coefficient (Wildman–Crippen LogP) is 2.13. The Balaban J connectivity index is 2.67. The van der Waals surface area contributed by atoms with Crippen LogP contribution in [0.1, 0.15) is 0 Å². The lowest BCUT2D eigenvalue weighted by molar-refractivity contribution is 0.615. The second-order valence-corrected chi connectivity index (χ2v) is 3.07. The minimum Gasteiger partial charge on any atom is -0.464 e. The van der Waals surface area contributed by atoms with Crippen LogP contribution in [0.15, 0.2) is 39.3 Å². The number of nitrogens with zero attached hydrogens (tertiary/aromatic N) is 1. The normalized spacial score (nSPS) is 10.2. The van der Waals surface area contributed by atoms with E-state index in [0.717, 1.165) is 11.0 Å². The van der Waals surface area contributed by atoms with Gasteiger partial charge in [0.05, 0.1) is 12.0 Å². The van der Waals surface area contributed by atoms with Gasteiger partial charge in [-0.25, -0.2) is 0 Å². The molecule has 2 rings (SSSR count). The maximum atomic E-state index is 10.3. The van der Waals surface area contributed by atoms with Crippen molar-refractivity contribution < 1.29 is 12.8 Å². The summed E-state index contributed by atoms with van der Waals surface area (Å²) in [5.74, 6) is 0. The molecule has 1 heterocycles. The van der Waals surface area contributed by atoms with E-state index < -0.39 is 10.5 Å². The molecule has 1 aromatic carbocycles. The third-order valence-corrected chi connectivity index (χ3v) is 1.98. The number of hydrogen-bond donors (Lipinski definition) is 0. The number of hydrogen-bond acceptors (Lipinski definition) is 4. The van der Waals surface area contributed by atoms with E-state index in [1.54, 1.807) is 30.5 Å². The van der Waals surface area contributed by atoms with Gasteiger partial charge in [0.1, 0.15) is 5.58 Å². The molecule has 0 amide bonds. The standard InChI is InChI=1S/C8H5NO3S/c10-13(11)9-7-1-2-8-6(5-7)3-4-12-8/h1-5H. The van der Waals surface area contributed by atoms with E-state index in [0.29, 0.717) is 5.69 Å². The quantitative estimate of drug-likeness (QED) is 0.700. The Labute approximate surface area is 75.5 Å². The summed E-state index contributed by atoms with van der Waals surface area (Å²) >= 11 is 0. The topological polar surface area (TPSA) is 59.6 Å². The summed E-state index contributed by atoms with van der Waals surface area (Å²) in [4.78, 5) is 0. The lowest BCUT2D eigenvalue weighted by Crippen LogP contribution is -1.65. The van der Waals surface area contributed by atoms with Crippen LogP contribution < -0.4 is 0 Å². The number of rotatable bonds is 1. The first kappa shape index (κ1) is 8.00. The SMILES string of the molecule is O=S(=O)=Nc1ccc2occc2c1. The van der Waals surface area contributed by atoms with Gasteiger partial charge in [-0.15, -0.1) is 4.36 Å². The molecule has 0 N–H and O–H groups in total.